The zero-order valence-corrected chi connectivity index (χ0v) is 12.0. The fourth-order valence-corrected chi connectivity index (χ4v) is 2.11. The molecule has 0 spiro atoms. The van der Waals surface area contributed by atoms with Crippen LogP contribution in [0.3, 0.4) is 0 Å². The summed E-state index contributed by atoms with van der Waals surface area (Å²) in [5, 5.41) is 4.31. The van der Waals surface area contributed by atoms with Gasteiger partial charge in [0.2, 0.25) is 0 Å². The molecule has 0 radical (unpaired) electrons. The van der Waals surface area contributed by atoms with E-state index in [1.54, 1.807) is 0 Å². The molecule has 4 heteroatoms. The quantitative estimate of drug-likeness (QED) is 0.869. The van der Waals surface area contributed by atoms with E-state index in [0.29, 0.717) is 0 Å². The molecular weight excluding hydrogens is 325 g/mol. The Balaban J connectivity index is 2.18. The average Bonchev–Trinajstić information content (AvgIpc) is 2.78. The van der Waals surface area contributed by atoms with Crippen molar-refractivity contribution < 1.29 is 0 Å². The minimum Gasteiger partial charge on any atom is -0.320 e. The molecule has 2 rings (SSSR count). The maximum atomic E-state index is 6.22. The highest BCUT2D eigenvalue weighted by atomic mass is 127. The van der Waals surface area contributed by atoms with Crippen LogP contribution < -0.4 is 5.73 Å². The summed E-state index contributed by atoms with van der Waals surface area (Å²) < 4.78 is 3.17. The van der Waals surface area contributed by atoms with Gasteiger partial charge in [-0.15, -0.1) is 0 Å². The zero-order chi connectivity index (χ0) is 12.3. The Kier molecular flexibility index (Phi) is 4.17. The molecule has 2 N–H and O–H groups in total. The zero-order valence-electron chi connectivity index (χ0n) is 9.81. The molecule has 0 saturated carbocycles. The van der Waals surface area contributed by atoms with Gasteiger partial charge in [0.1, 0.15) is 0 Å². The normalized spacial score (nSPS) is 12.6. The van der Waals surface area contributed by atoms with Gasteiger partial charge < -0.3 is 5.73 Å². The largest absolute Gasteiger partial charge is 0.320 e. The van der Waals surface area contributed by atoms with Gasteiger partial charge in [-0.1, -0.05) is 19.1 Å². The second kappa shape index (κ2) is 5.64. The molecule has 2 aromatic rings. The van der Waals surface area contributed by atoms with E-state index in [9.17, 15) is 0 Å². The van der Waals surface area contributed by atoms with E-state index >= 15 is 0 Å². The van der Waals surface area contributed by atoms with E-state index in [2.05, 4.69) is 58.9 Å². The molecule has 1 aromatic carbocycles. The molecule has 1 heterocycles. The number of aromatic nitrogens is 2. The van der Waals surface area contributed by atoms with E-state index in [1.165, 1.54) is 3.57 Å². The number of halogens is 1. The summed E-state index contributed by atoms with van der Waals surface area (Å²) >= 11 is 2.29. The van der Waals surface area contributed by atoms with Crippen LogP contribution in [0.15, 0.2) is 36.7 Å². The summed E-state index contributed by atoms with van der Waals surface area (Å²) in [7, 11) is 0. The first-order valence-corrected chi connectivity index (χ1v) is 6.82. The van der Waals surface area contributed by atoms with Crippen LogP contribution in [0.5, 0.6) is 0 Å². The van der Waals surface area contributed by atoms with Gasteiger partial charge in [-0.2, -0.15) is 5.10 Å². The summed E-state index contributed by atoms with van der Waals surface area (Å²) in [6.07, 6.45) is 4.98. The van der Waals surface area contributed by atoms with E-state index in [1.807, 2.05) is 17.1 Å². The Morgan fingerprint density at radius 2 is 2.00 bits per heavy atom. The summed E-state index contributed by atoms with van der Waals surface area (Å²) in [5.74, 6) is 0. The Labute approximate surface area is 115 Å². The molecule has 1 aromatic heterocycles. The lowest BCUT2D eigenvalue weighted by atomic mass is 10.0. The van der Waals surface area contributed by atoms with Crippen molar-refractivity contribution in [2.75, 3.05) is 0 Å². The van der Waals surface area contributed by atoms with Crippen LogP contribution in [-0.2, 0) is 6.54 Å². The lowest BCUT2D eigenvalue weighted by Crippen LogP contribution is -2.11. The van der Waals surface area contributed by atoms with Crippen LogP contribution in [0.1, 0.15) is 30.5 Å². The monoisotopic (exact) mass is 341 g/mol. The molecule has 17 heavy (non-hydrogen) atoms. The van der Waals surface area contributed by atoms with Crippen LogP contribution >= 0.6 is 22.6 Å². The van der Waals surface area contributed by atoms with Crippen molar-refractivity contribution in [1.82, 2.24) is 9.78 Å². The number of rotatable bonds is 4. The van der Waals surface area contributed by atoms with Gasteiger partial charge in [0.05, 0.1) is 12.2 Å². The predicted octanol–water partition coefficient (Wildman–Crippen LogP) is 2.95. The van der Waals surface area contributed by atoms with Crippen molar-refractivity contribution in [3.8, 4) is 0 Å². The van der Waals surface area contributed by atoms with Crippen LogP contribution in [0.25, 0.3) is 0 Å². The average molecular weight is 341 g/mol. The molecule has 0 aliphatic heterocycles. The first kappa shape index (κ1) is 12.6. The highest BCUT2D eigenvalue weighted by Gasteiger charge is 2.10. The molecule has 0 fully saturated rings. The van der Waals surface area contributed by atoms with Crippen LogP contribution in [0.4, 0.5) is 0 Å². The van der Waals surface area contributed by atoms with Crippen molar-refractivity contribution in [3.05, 3.63) is 51.4 Å². The third-order valence-electron chi connectivity index (χ3n) is 2.69. The van der Waals surface area contributed by atoms with E-state index < -0.39 is 0 Å². The van der Waals surface area contributed by atoms with E-state index in [0.717, 1.165) is 24.1 Å². The van der Waals surface area contributed by atoms with Gasteiger partial charge in [0.15, 0.2) is 0 Å². The van der Waals surface area contributed by atoms with Crippen molar-refractivity contribution >= 4 is 22.6 Å². The van der Waals surface area contributed by atoms with E-state index in [4.69, 9.17) is 5.73 Å². The second-order valence-electron chi connectivity index (χ2n) is 4.07. The molecule has 0 bridgehead atoms. The van der Waals surface area contributed by atoms with Crippen molar-refractivity contribution in [3.63, 3.8) is 0 Å². The van der Waals surface area contributed by atoms with Gasteiger partial charge in [-0.05, 0) is 46.7 Å². The number of nitrogens with zero attached hydrogens (tertiary/aromatic N) is 2. The van der Waals surface area contributed by atoms with Gasteiger partial charge >= 0.3 is 0 Å². The summed E-state index contributed by atoms with van der Waals surface area (Å²) in [5.41, 5.74) is 8.42. The molecular formula is C13H16IN3. The third-order valence-corrected chi connectivity index (χ3v) is 3.41. The van der Waals surface area contributed by atoms with Gasteiger partial charge in [-0.3, -0.25) is 4.68 Å². The number of hydrogen-bond acceptors (Lipinski definition) is 2. The lowest BCUT2D eigenvalue weighted by Gasteiger charge is -2.09. The highest BCUT2D eigenvalue weighted by Crippen LogP contribution is 2.19. The summed E-state index contributed by atoms with van der Waals surface area (Å²) in [6, 6.07) is 8.21. The fourth-order valence-electron chi connectivity index (χ4n) is 1.75. The van der Waals surface area contributed by atoms with E-state index in [-0.39, 0.29) is 6.04 Å². The van der Waals surface area contributed by atoms with Gasteiger partial charge in [0, 0.05) is 21.9 Å². The fraction of sp³-hybridized carbons (Fsp3) is 0.308. The maximum Gasteiger partial charge on any atom is 0.0582 e. The van der Waals surface area contributed by atoms with Crippen molar-refractivity contribution in [1.29, 1.82) is 0 Å². The highest BCUT2D eigenvalue weighted by molar-refractivity contribution is 14.1. The molecule has 0 saturated heterocycles. The summed E-state index contributed by atoms with van der Waals surface area (Å²) in [4.78, 5) is 0. The Hall–Kier alpha value is -0.880. The van der Waals surface area contributed by atoms with Crippen LogP contribution in [0.2, 0.25) is 0 Å². The molecule has 0 aliphatic rings. The number of benzene rings is 1. The molecule has 0 aliphatic carbocycles. The predicted molar refractivity (Wildman–Crippen MR) is 77.7 cm³/mol. The number of aryl methyl sites for hydroxylation is 1. The standard InChI is InChI=1S/C13H16IN3/c1-2-7-17-9-11(8-16-17)13(15)10-3-5-12(14)6-4-10/h3-6,8-9,13H,2,7,15H2,1H3. The Morgan fingerprint density at radius 3 is 2.65 bits per heavy atom. The summed E-state index contributed by atoms with van der Waals surface area (Å²) in [6.45, 7) is 3.08. The van der Waals surface area contributed by atoms with Crippen LogP contribution in [0, 0.1) is 3.57 Å². The minimum atomic E-state index is -0.0855. The van der Waals surface area contributed by atoms with Crippen LogP contribution in [-0.4, -0.2) is 9.78 Å². The first-order chi connectivity index (χ1) is 8.20. The number of nitrogens with two attached hydrogens (primary N) is 1. The molecule has 1 atom stereocenters. The topological polar surface area (TPSA) is 43.8 Å². The van der Waals surface area contributed by atoms with Gasteiger partial charge in [0.25, 0.3) is 0 Å². The molecule has 3 nitrogen and oxygen atoms in total. The first-order valence-electron chi connectivity index (χ1n) is 5.74. The maximum absolute atomic E-state index is 6.22. The molecule has 1 unspecified atom stereocenters. The second-order valence-corrected chi connectivity index (χ2v) is 5.31. The third kappa shape index (κ3) is 3.07. The smallest absolute Gasteiger partial charge is 0.0582 e. The lowest BCUT2D eigenvalue weighted by molar-refractivity contribution is 0.602. The minimum absolute atomic E-state index is 0.0855. The SMILES string of the molecule is CCCn1cc(C(N)c2ccc(I)cc2)cn1. The Bertz CT molecular complexity index is 476. The number of hydrogen-bond donors (Lipinski definition) is 1. The molecule has 90 valence electrons. The Morgan fingerprint density at radius 1 is 1.29 bits per heavy atom. The van der Waals surface area contributed by atoms with Crippen molar-refractivity contribution in [2.45, 2.75) is 25.9 Å². The molecule has 0 amide bonds. The van der Waals surface area contributed by atoms with Gasteiger partial charge in [-0.25, -0.2) is 0 Å². The van der Waals surface area contributed by atoms with Crippen molar-refractivity contribution in [2.24, 2.45) is 5.73 Å².